The van der Waals surface area contributed by atoms with Gasteiger partial charge in [0.25, 0.3) is 0 Å². The van der Waals surface area contributed by atoms with Crippen LogP contribution >= 0.6 is 27.5 Å². The summed E-state index contributed by atoms with van der Waals surface area (Å²) in [4.78, 5) is 2.31. The molecule has 0 radical (unpaired) electrons. The lowest BCUT2D eigenvalue weighted by molar-refractivity contribution is 0.157. The molecule has 18 heavy (non-hydrogen) atoms. The van der Waals surface area contributed by atoms with Crippen molar-refractivity contribution in [1.29, 1.82) is 0 Å². The highest BCUT2D eigenvalue weighted by Crippen LogP contribution is 2.32. The second kappa shape index (κ2) is 6.85. The monoisotopic (exact) mass is 334 g/mol. The molecule has 1 saturated heterocycles. The SMILES string of the molecule is FCC[C@@H](c1ccc(Br)cc1Cl)N1CCNCC1. The molecule has 0 unspecified atom stereocenters. The van der Waals surface area contributed by atoms with Crippen LogP contribution in [0.25, 0.3) is 0 Å². The topological polar surface area (TPSA) is 15.3 Å². The van der Waals surface area contributed by atoms with E-state index in [1.807, 2.05) is 18.2 Å². The number of halogens is 3. The third-order valence-corrected chi connectivity index (χ3v) is 4.12. The number of rotatable bonds is 4. The van der Waals surface area contributed by atoms with Crippen molar-refractivity contribution in [2.75, 3.05) is 32.9 Å². The van der Waals surface area contributed by atoms with Crippen molar-refractivity contribution in [3.05, 3.63) is 33.3 Å². The van der Waals surface area contributed by atoms with E-state index in [-0.39, 0.29) is 12.7 Å². The van der Waals surface area contributed by atoms with Crippen molar-refractivity contribution in [3.63, 3.8) is 0 Å². The molecule has 5 heteroatoms. The Morgan fingerprint density at radius 2 is 2.11 bits per heavy atom. The van der Waals surface area contributed by atoms with Gasteiger partial charge in [-0.05, 0) is 24.1 Å². The van der Waals surface area contributed by atoms with Crippen molar-refractivity contribution in [2.45, 2.75) is 12.5 Å². The molecule has 1 aliphatic rings. The van der Waals surface area contributed by atoms with E-state index in [1.165, 1.54) is 0 Å². The average Bonchev–Trinajstić information content (AvgIpc) is 2.38. The molecule has 2 rings (SSSR count). The minimum absolute atomic E-state index is 0.0812. The van der Waals surface area contributed by atoms with Crippen LogP contribution in [-0.2, 0) is 0 Å². The van der Waals surface area contributed by atoms with E-state index in [1.54, 1.807) is 0 Å². The summed E-state index contributed by atoms with van der Waals surface area (Å²) < 4.78 is 13.8. The largest absolute Gasteiger partial charge is 0.314 e. The van der Waals surface area contributed by atoms with Gasteiger partial charge in [-0.15, -0.1) is 0 Å². The number of nitrogens with one attached hydrogen (secondary N) is 1. The molecule has 1 atom stereocenters. The van der Waals surface area contributed by atoms with Crippen LogP contribution in [0.1, 0.15) is 18.0 Å². The van der Waals surface area contributed by atoms with Crippen molar-refractivity contribution in [2.24, 2.45) is 0 Å². The zero-order chi connectivity index (χ0) is 13.0. The van der Waals surface area contributed by atoms with Crippen molar-refractivity contribution >= 4 is 27.5 Å². The normalized spacial score (nSPS) is 18.8. The fourth-order valence-electron chi connectivity index (χ4n) is 2.40. The molecule has 0 spiro atoms. The molecule has 100 valence electrons. The molecule has 0 saturated carbocycles. The van der Waals surface area contributed by atoms with Crippen molar-refractivity contribution in [3.8, 4) is 0 Å². The zero-order valence-electron chi connectivity index (χ0n) is 10.1. The first-order chi connectivity index (χ1) is 8.72. The van der Waals surface area contributed by atoms with Crippen LogP contribution in [0.2, 0.25) is 5.02 Å². The molecule has 1 aromatic carbocycles. The van der Waals surface area contributed by atoms with Gasteiger partial charge in [0, 0.05) is 41.7 Å². The van der Waals surface area contributed by atoms with Crippen molar-refractivity contribution in [1.82, 2.24) is 10.2 Å². The minimum Gasteiger partial charge on any atom is -0.314 e. The molecule has 1 N–H and O–H groups in total. The van der Waals surface area contributed by atoms with Crippen LogP contribution < -0.4 is 5.32 Å². The Hall–Kier alpha value is -0.160. The van der Waals surface area contributed by atoms with Crippen LogP contribution in [0.15, 0.2) is 22.7 Å². The van der Waals surface area contributed by atoms with Gasteiger partial charge in [0.1, 0.15) is 0 Å². The predicted octanol–water partition coefficient (Wildman–Crippen LogP) is 3.41. The van der Waals surface area contributed by atoms with Crippen LogP contribution in [0.3, 0.4) is 0 Å². The van der Waals surface area contributed by atoms with Gasteiger partial charge in [0.2, 0.25) is 0 Å². The number of piperazine rings is 1. The zero-order valence-corrected chi connectivity index (χ0v) is 12.5. The van der Waals surface area contributed by atoms with Gasteiger partial charge in [0.15, 0.2) is 0 Å². The Morgan fingerprint density at radius 3 is 2.72 bits per heavy atom. The summed E-state index contributed by atoms with van der Waals surface area (Å²) >= 11 is 9.68. The van der Waals surface area contributed by atoms with Crippen LogP contribution in [0.5, 0.6) is 0 Å². The lowest BCUT2D eigenvalue weighted by Crippen LogP contribution is -2.45. The summed E-state index contributed by atoms with van der Waals surface area (Å²) in [5.41, 5.74) is 1.03. The smallest absolute Gasteiger partial charge is 0.0912 e. The number of alkyl halides is 1. The minimum atomic E-state index is -0.318. The third kappa shape index (κ3) is 3.44. The van der Waals surface area contributed by atoms with E-state index in [2.05, 4.69) is 26.1 Å². The van der Waals surface area contributed by atoms with E-state index in [4.69, 9.17) is 11.6 Å². The molecule has 1 fully saturated rings. The molecule has 2 nitrogen and oxygen atoms in total. The van der Waals surface area contributed by atoms with Crippen LogP contribution in [0.4, 0.5) is 4.39 Å². The van der Waals surface area contributed by atoms with Crippen LogP contribution in [-0.4, -0.2) is 37.8 Å². The number of hydrogen-bond donors (Lipinski definition) is 1. The van der Waals surface area contributed by atoms with E-state index < -0.39 is 0 Å². The Balaban J connectivity index is 2.22. The van der Waals surface area contributed by atoms with E-state index in [9.17, 15) is 4.39 Å². The summed E-state index contributed by atoms with van der Waals surface area (Å²) in [7, 11) is 0. The fourth-order valence-corrected chi connectivity index (χ4v) is 3.20. The number of nitrogens with zero attached hydrogens (tertiary/aromatic N) is 1. The van der Waals surface area contributed by atoms with Crippen molar-refractivity contribution < 1.29 is 4.39 Å². The summed E-state index contributed by atoms with van der Waals surface area (Å²) in [6.07, 6.45) is 0.501. The highest BCUT2D eigenvalue weighted by atomic mass is 79.9. The molecule has 1 aliphatic heterocycles. The maximum Gasteiger partial charge on any atom is 0.0912 e. The Labute approximate surface area is 121 Å². The second-order valence-corrected chi connectivity index (χ2v) is 5.77. The quantitative estimate of drug-likeness (QED) is 0.907. The van der Waals surface area contributed by atoms with Gasteiger partial charge >= 0.3 is 0 Å². The van der Waals surface area contributed by atoms with E-state index in [0.717, 1.165) is 36.2 Å². The van der Waals surface area contributed by atoms with E-state index in [0.29, 0.717) is 11.4 Å². The average molecular weight is 336 g/mol. The molecule has 0 bridgehead atoms. The first-order valence-corrected chi connectivity index (χ1v) is 7.35. The highest BCUT2D eigenvalue weighted by molar-refractivity contribution is 9.10. The van der Waals surface area contributed by atoms with Gasteiger partial charge in [-0.25, -0.2) is 0 Å². The summed E-state index contributed by atoms with van der Waals surface area (Å²) in [5, 5.41) is 4.02. The number of benzene rings is 1. The number of hydrogen-bond acceptors (Lipinski definition) is 2. The highest BCUT2D eigenvalue weighted by Gasteiger charge is 2.23. The summed E-state index contributed by atoms with van der Waals surface area (Å²) in [6, 6.07) is 5.92. The molecule has 1 heterocycles. The Bertz CT molecular complexity index is 397. The Morgan fingerprint density at radius 1 is 1.39 bits per heavy atom. The maximum atomic E-state index is 12.8. The van der Waals surface area contributed by atoms with Gasteiger partial charge in [0.05, 0.1) is 6.67 Å². The standard InChI is InChI=1S/C13H17BrClFN2/c14-10-1-2-11(12(15)9-10)13(3-4-16)18-7-5-17-6-8-18/h1-2,9,13,17H,3-8H2/t13-/m0/s1. The molecule has 0 amide bonds. The lowest BCUT2D eigenvalue weighted by atomic mass is 10.0. The molecular weight excluding hydrogens is 319 g/mol. The molecule has 0 aromatic heterocycles. The lowest BCUT2D eigenvalue weighted by Gasteiger charge is -2.35. The van der Waals surface area contributed by atoms with E-state index >= 15 is 0 Å². The first kappa shape index (κ1) is 14.3. The molecule has 0 aliphatic carbocycles. The van der Waals surface area contributed by atoms with Gasteiger partial charge in [-0.3, -0.25) is 9.29 Å². The third-order valence-electron chi connectivity index (χ3n) is 3.30. The summed E-state index contributed by atoms with van der Waals surface area (Å²) in [6.45, 7) is 3.48. The Kier molecular flexibility index (Phi) is 5.42. The maximum absolute atomic E-state index is 12.8. The van der Waals surface area contributed by atoms with Gasteiger partial charge in [-0.2, -0.15) is 0 Å². The fraction of sp³-hybridized carbons (Fsp3) is 0.538. The second-order valence-electron chi connectivity index (χ2n) is 4.45. The van der Waals surface area contributed by atoms with Gasteiger partial charge in [-0.1, -0.05) is 33.6 Å². The molecular formula is C13H17BrClFN2. The summed E-state index contributed by atoms with van der Waals surface area (Å²) in [5.74, 6) is 0. The molecule has 1 aromatic rings. The first-order valence-electron chi connectivity index (χ1n) is 6.18. The van der Waals surface area contributed by atoms with Gasteiger partial charge < -0.3 is 5.32 Å². The van der Waals surface area contributed by atoms with Crippen LogP contribution in [0, 0.1) is 0 Å². The predicted molar refractivity (Wildman–Crippen MR) is 76.9 cm³/mol.